The molecule has 0 saturated heterocycles. The van der Waals surface area contributed by atoms with E-state index in [1.165, 1.54) is 12.8 Å². The molecule has 0 bridgehead atoms. The molecule has 1 saturated carbocycles. The molecule has 0 unspecified atom stereocenters. The van der Waals surface area contributed by atoms with Crippen molar-refractivity contribution in [3.05, 3.63) is 52.4 Å². The highest BCUT2D eigenvalue weighted by Gasteiger charge is 2.18. The van der Waals surface area contributed by atoms with Crippen molar-refractivity contribution in [3.8, 4) is 5.88 Å². The molecule has 0 radical (unpaired) electrons. The lowest BCUT2D eigenvalue weighted by atomic mass is 10.2. The van der Waals surface area contributed by atoms with E-state index in [-0.39, 0.29) is 12.0 Å². The summed E-state index contributed by atoms with van der Waals surface area (Å²) in [4.78, 5) is 19.4. The fourth-order valence-electron chi connectivity index (χ4n) is 2.70. The lowest BCUT2D eigenvalue weighted by molar-refractivity contribution is 0.0949. The summed E-state index contributed by atoms with van der Waals surface area (Å²) < 4.78 is 6.41. The number of carbonyl (C=O) groups excluding carboxylic acids is 1. The van der Waals surface area contributed by atoms with Gasteiger partial charge in [0.1, 0.15) is 10.7 Å². The monoisotopic (exact) mass is 329 g/mol. The van der Waals surface area contributed by atoms with E-state index in [9.17, 15) is 4.79 Å². The molecule has 2 aromatic rings. The smallest absolute Gasteiger partial charge is 0.254 e. The number of pyridine rings is 2. The van der Waals surface area contributed by atoms with E-state index in [2.05, 4.69) is 15.3 Å². The van der Waals surface area contributed by atoms with E-state index in [4.69, 9.17) is 17.0 Å². The van der Waals surface area contributed by atoms with Crippen LogP contribution in [-0.2, 0) is 6.54 Å². The van der Waals surface area contributed by atoms with E-state index in [1.54, 1.807) is 24.5 Å². The third-order valence-electron chi connectivity index (χ3n) is 3.93. The summed E-state index contributed by atoms with van der Waals surface area (Å²) in [5, 5.41) is 2.88. The van der Waals surface area contributed by atoms with Crippen molar-refractivity contribution in [2.45, 2.75) is 38.3 Å². The standard InChI is InChI=1S/C17H19N3O2S/c21-15(14-8-4-10-19-17(14)23)20-11-12-5-3-9-18-16(12)22-13-6-1-2-7-13/h3-5,8-10,13H,1-2,6-7,11H2,(H,19,23)(H,20,21). The molecule has 2 aromatic heterocycles. The number of amides is 1. The Morgan fingerprint density at radius 1 is 1.35 bits per heavy atom. The molecule has 1 aliphatic rings. The lowest BCUT2D eigenvalue weighted by Gasteiger charge is -2.15. The third kappa shape index (κ3) is 3.96. The van der Waals surface area contributed by atoms with Crippen LogP contribution in [0.3, 0.4) is 0 Å². The average molecular weight is 329 g/mol. The molecule has 0 spiro atoms. The Kier molecular flexibility index (Phi) is 5.02. The molecule has 0 atom stereocenters. The molecule has 3 rings (SSSR count). The first kappa shape index (κ1) is 15.7. The highest BCUT2D eigenvalue weighted by Crippen LogP contribution is 2.24. The first-order chi connectivity index (χ1) is 11.2. The van der Waals surface area contributed by atoms with Gasteiger partial charge in [0.25, 0.3) is 5.91 Å². The SMILES string of the molecule is O=C(NCc1cccnc1OC1CCCC1)c1ccc[nH]c1=S. The Bertz CT molecular complexity index is 738. The fourth-order valence-corrected chi connectivity index (χ4v) is 2.93. The Balaban J connectivity index is 1.67. The second-order valence-corrected chi connectivity index (χ2v) is 6.00. The zero-order valence-electron chi connectivity index (χ0n) is 12.7. The highest BCUT2D eigenvalue weighted by atomic mass is 32.1. The number of rotatable bonds is 5. The predicted octanol–water partition coefficient (Wildman–Crippen LogP) is 3.39. The van der Waals surface area contributed by atoms with Gasteiger partial charge in [-0.3, -0.25) is 4.79 Å². The molecule has 6 heteroatoms. The van der Waals surface area contributed by atoms with E-state index >= 15 is 0 Å². The Morgan fingerprint density at radius 3 is 2.96 bits per heavy atom. The van der Waals surface area contributed by atoms with Gasteiger partial charge in [0.2, 0.25) is 5.88 Å². The summed E-state index contributed by atoms with van der Waals surface area (Å²) in [6.45, 7) is 0.360. The van der Waals surface area contributed by atoms with Gasteiger partial charge in [-0.05, 0) is 43.9 Å². The summed E-state index contributed by atoms with van der Waals surface area (Å²) in [7, 11) is 0. The Hall–Kier alpha value is -2.21. The van der Waals surface area contributed by atoms with Gasteiger partial charge >= 0.3 is 0 Å². The lowest BCUT2D eigenvalue weighted by Crippen LogP contribution is -2.24. The van der Waals surface area contributed by atoms with E-state index in [0.717, 1.165) is 18.4 Å². The Morgan fingerprint density at radius 2 is 2.17 bits per heavy atom. The second kappa shape index (κ2) is 7.37. The van der Waals surface area contributed by atoms with Gasteiger partial charge in [0.15, 0.2) is 0 Å². The molecule has 1 aliphatic carbocycles. The number of hydrogen-bond acceptors (Lipinski definition) is 4. The Labute approximate surface area is 140 Å². The maximum atomic E-state index is 12.2. The maximum absolute atomic E-state index is 12.2. The van der Waals surface area contributed by atoms with Gasteiger partial charge in [-0.15, -0.1) is 0 Å². The second-order valence-electron chi connectivity index (χ2n) is 5.59. The minimum atomic E-state index is -0.206. The fraction of sp³-hybridized carbons (Fsp3) is 0.353. The first-order valence-electron chi connectivity index (χ1n) is 7.80. The van der Waals surface area contributed by atoms with Crippen LogP contribution in [0.2, 0.25) is 0 Å². The van der Waals surface area contributed by atoms with Crippen molar-refractivity contribution < 1.29 is 9.53 Å². The van der Waals surface area contributed by atoms with Crippen LogP contribution in [-0.4, -0.2) is 22.0 Å². The van der Waals surface area contributed by atoms with E-state index in [1.807, 2.05) is 12.1 Å². The van der Waals surface area contributed by atoms with Crippen molar-refractivity contribution in [3.63, 3.8) is 0 Å². The minimum Gasteiger partial charge on any atom is -0.474 e. The molecule has 23 heavy (non-hydrogen) atoms. The van der Waals surface area contributed by atoms with Crippen molar-refractivity contribution in [1.29, 1.82) is 0 Å². The topological polar surface area (TPSA) is 67.0 Å². The van der Waals surface area contributed by atoms with Crippen LogP contribution >= 0.6 is 12.2 Å². The zero-order chi connectivity index (χ0) is 16.1. The van der Waals surface area contributed by atoms with Crippen LogP contribution < -0.4 is 10.1 Å². The number of H-pyrrole nitrogens is 1. The molecule has 2 N–H and O–H groups in total. The van der Waals surface area contributed by atoms with Crippen molar-refractivity contribution in [2.24, 2.45) is 0 Å². The number of nitrogens with one attached hydrogen (secondary N) is 2. The van der Waals surface area contributed by atoms with E-state index in [0.29, 0.717) is 22.6 Å². The van der Waals surface area contributed by atoms with Gasteiger partial charge in [-0.2, -0.15) is 0 Å². The number of carbonyl (C=O) groups is 1. The number of hydrogen-bond donors (Lipinski definition) is 2. The van der Waals surface area contributed by atoms with Crippen LogP contribution in [0, 0.1) is 4.64 Å². The van der Waals surface area contributed by atoms with Crippen LogP contribution in [0.4, 0.5) is 0 Å². The number of aromatic nitrogens is 2. The summed E-state index contributed by atoms with van der Waals surface area (Å²) in [6, 6.07) is 7.22. The molecular weight excluding hydrogens is 310 g/mol. The molecule has 5 nitrogen and oxygen atoms in total. The number of aromatic amines is 1. The van der Waals surface area contributed by atoms with E-state index < -0.39 is 0 Å². The number of nitrogens with zero attached hydrogens (tertiary/aromatic N) is 1. The van der Waals surface area contributed by atoms with Crippen LogP contribution in [0.1, 0.15) is 41.6 Å². The van der Waals surface area contributed by atoms with Crippen molar-refractivity contribution in [1.82, 2.24) is 15.3 Å². The van der Waals surface area contributed by atoms with Gasteiger partial charge in [0.05, 0.1) is 5.56 Å². The van der Waals surface area contributed by atoms with Crippen LogP contribution in [0.5, 0.6) is 5.88 Å². The largest absolute Gasteiger partial charge is 0.474 e. The van der Waals surface area contributed by atoms with Crippen molar-refractivity contribution >= 4 is 18.1 Å². The molecule has 2 heterocycles. The number of ether oxygens (including phenoxy) is 1. The van der Waals surface area contributed by atoms with Gasteiger partial charge in [-0.1, -0.05) is 18.3 Å². The summed E-state index contributed by atoms with van der Waals surface area (Å²) >= 11 is 5.13. The molecular formula is C17H19N3O2S. The molecule has 0 aliphatic heterocycles. The quantitative estimate of drug-likeness (QED) is 0.825. The van der Waals surface area contributed by atoms with Crippen molar-refractivity contribution in [2.75, 3.05) is 0 Å². The first-order valence-corrected chi connectivity index (χ1v) is 8.21. The van der Waals surface area contributed by atoms with Crippen LogP contribution in [0.15, 0.2) is 36.7 Å². The predicted molar refractivity (Wildman–Crippen MR) is 89.9 cm³/mol. The van der Waals surface area contributed by atoms with Gasteiger partial charge in [0, 0.05) is 24.5 Å². The summed E-state index contributed by atoms with van der Waals surface area (Å²) in [6.07, 6.45) is 8.20. The normalized spacial score (nSPS) is 14.6. The zero-order valence-corrected chi connectivity index (χ0v) is 13.6. The molecule has 120 valence electrons. The maximum Gasteiger partial charge on any atom is 0.254 e. The van der Waals surface area contributed by atoms with Crippen LogP contribution in [0.25, 0.3) is 0 Å². The van der Waals surface area contributed by atoms with Gasteiger partial charge < -0.3 is 15.0 Å². The highest BCUT2D eigenvalue weighted by molar-refractivity contribution is 7.71. The summed E-state index contributed by atoms with van der Waals surface area (Å²) in [5.41, 5.74) is 1.34. The minimum absolute atomic E-state index is 0.206. The van der Waals surface area contributed by atoms with Gasteiger partial charge in [-0.25, -0.2) is 4.98 Å². The molecule has 1 fully saturated rings. The molecule has 0 aromatic carbocycles. The summed E-state index contributed by atoms with van der Waals surface area (Å²) in [5.74, 6) is 0.403. The third-order valence-corrected chi connectivity index (χ3v) is 4.27. The molecule has 1 amide bonds. The average Bonchev–Trinajstić information content (AvgIpc) is 3.07.